The molecule has 0 bridgehead atoms. The SMILES string of the molecule is CCCc1ccc(/C(C)=N/NC(=O)c2ccccc2F)cc1. The molecule has 0 aromatic heterocycles. The number of carbonyl (C=O) groups excluding carboxylic acids is 1. The minimum absolute atomic E-state index is 0.0163. The van der Waals surface area contributed by atoms with Gasteiger partial charge in [-0.1, -0.05) is 49.7 Å². The Morgan fingerprint density at radius 3 is 2.45 bits per heavy atom. The highest BCUT2D eigenvalue weighted by Crippen LogP contribution is 2.08. The lowest BCUT2D eigenvalue weighted by Crippen LogP contribution is -2.20. The largest absolute Gasteiger partial charge is 0.274 e. The van der Waals surface area contributed by atoms with Crippen molar-refractivity contribution in [1.29, 1.82) is 0 Å². The Morgan fingerprint density at radius 2 is 1.82 bits per heavy atom. The second-order valence-electron chi connectivity index (χ2n) is 5.06. The van der Waals surface area contributed by atoms with Crippen LogP contribution < -0.4 is 5.43 Å². The van der Waals surface area contributed by atoms with E-state index in [0.717, 1.165) is 18.4 Å². The van der Waals surface area contributed by atoms with Crippen LogP contribution in [0.5, 0.6) is 0 Å². The van der Waals surface area contributed by atoms with E-state index in [1.165, 1.54) is 17.7 Å². The van der Waals surface area contributed by atoms with Gasteiger partial charge in [-0.2, -0.15) is 5.10 Å². The molecule has 22 heavy (non-hydrogen) atoms. The Kier molecular flexibility index (Phi) is 5.42. The molecule has 4 heteroatoms. The predicted octanol–water partition coefficient (Wildman–Crippen LogP) is 3.93. The first-order chi connectivity index (χ1) is 10.6. The smallest absolute Gasteiger partial charge is 0.267 e. The van der Waals surface area contributed by atoms with Crippen LogP contribution in [0.2, 0.25) is 0 Å². The molecule has 1 amide bonds. The standard InChI is InChI=1S/C18H19FN2O/c1-3-6-14-9-11-15(12-10-14)13(2)20-21-18(22)16-7-4-5-8-17(16)19/h4-5,7-12H,3,6H2,1-2H3,(H,21,22)/b20-13+. The number of nitrogens with zero attached hydrogens (tertiary/aromatic N) is 1. The molecule has 0 atom stereocenters. The fourth-order valence-electron chi connectivity index (χ4n) is 2.11. The summed E-state index contributed by atoms with van der Waals surface area (Å²) in [5, 5.41) is 4.04. The highest BCUT2D eigenvalue weighted by Gasteiger charge is 2.09. The zero-order valence-electron chi connectivity index (χ0n) is 12.8. The number of hydrogen-bond donors (Lipinski definition) is 1. The van der Waals surface area contributed by atoms with Gasteiger partial charge in [-0.15, -0.1) is 0 Å². The van der Waals surface area contributed by atoms with E-state index in [1.807, 2.05) is 12.1 Å². The lowest BCUT2D eigenvalue weighted by Gasteiger charge is -2.05. The molecule has 3 nitrogen and oxygen atoms in total. The summed E-state index contributed by atoms with van der Waals surface area (Å²) < 4.78 is 13.5. The van der Waals surface area contributed by atoms with Crippen molar-refractivity contribution in [3.63, 3.8) is 0 Å². The molecule has 0 aliphatic carbocycles. The van der Waals surface area contributed by atoms with Crippen LogP contribution in [0.4, 0.5) is 4.39 Å². The molecule has 114 valence electrons. The average molecular weight is 298 g/mol. The number of carbonyl (C=O) groups is 1. The van der Waals surface area contributed by atoms with E-state index in [9.17, 15) is 9.18 Å². The Bertz CT molecular complexity index is 678. The third-order valence-electron chi connectivity index (χ3n) is 3.35. The zero-order chi connectivity index (χ0) is 15.9. The molecule has 2 aromatic carbocycles. The maximum absolute atomic E-state index is 13.5. The highest BCUT2D eigenvalue weighted by molar-refractivity contribution is 6.00. The average Bonchev–Trinajstić information content (AvgIpc) is 2.54. The third kappa shape index (κ3) is 4.01. The monoisotopic (exact) mass is 298 g/mol. The Labute approximate surface area is 129 Å². The van der Waals surface area contributed by atoms with Gasteiger partial charge in [0, 0.05) is 0 Å². The molecule has 0 fully saturated rings. The number of hydrogen-bond acceptors (Lipinski definition) is 2. The maximum Gasteiger partial charge on any atom is 0.274 e. The summed E-state index contributed by atoms with van der Waals surface area (Å²) in [7, 11) is 0. The van der Waals surface area contributed by atoms with Gasteiger partial charge in [-0.25, -0.2) is 9.82 Å². The number of amides is 1. The van der Waals surface area contributed by atoms with Crippen LogP contribution in [0.1, 0.15) is 41.8 Å². The molecule has 0 radical (unpaired) electrons. The summed E-state index contributed by atoms with van der Waals surface area (Å²) in [6, 6.07) is 13.9. The number of nitrogens with one attached hydrogen (secondary N) is 1. The summed E-state index contributed by atoms with van der Waals surface area (Å²) in [5.41, 5.74) is 5.24. The highest BCUT2D eigenvalue weighted by atomic mass is 19.1. The summed E-state index contributed by atoms with van der Waals surface area (Å²) in [6.45, 7) is 3.94. The molecular weight excluding hydrogens is 279 g/mol. The Balaban J connectivity index is 2.06. The van der Waals surface area contributed by atoms with Crippen LogP contribution in [-0.4, -0.2) is 11.6 Å². The number of halogens is 1. The van der Waals surface area contributed by atoms with Crippen molar-refractivity contribution in [3.05, 3.63) is 71.0 Å². The van der Waals surface area contributed by atoms with Crippen molar-refractivity contribution in [1.82, 2.24) is 5.43 Å². The van der Waals surface area contributed by atoms with Crippen LogP contribution in [0.3, 0.4) is 0 Å². The fraction of sp³-hybridized carbons (Fsp3) is 0.222. The van der Waals surface area contributed by atoms with Gasteiger partial charge in [0.15, 0.2) is 0 Å². The van der Waals surface area contributed by atoms with E-state index in [0.29, 0.717) is 5.71 Å². The van der Waals surface area contributed by atoms with Crippen molar-refractivity contribution in [2.75, 3.05) is 0 Å². The Morgan fingerprint density at radius 1 is 1.14 bits per heavy atom. The number of benzene rings is 2. The van der Waals surface area contributed by atoms with Gasteiger partial charge in [0.2, 0.25) is 0 Å². The van der Waals surface area contributed by atoms with E-state index in [2.05, 4.69) is 29.6 Å². The molecule has 0 heterocycles. The van der Waals surface area contributed by atoms with Gasteiger partial charge in [-0.3, -0.25) is 4.79 Å². The first-order valence-electron chi connectivity index (χ1n) is 7.30. The first-order valence-corrected chi connectivity index (χ1v) is 7.30. The number of aryl methyl sites for hydroxylation is 1. The summed E-state index contributed by atoms with van der Waals surface area (Å²) in [4.78, 5) is 11.9. The second-order valence-corrected chi connectivity index (χ2v) is 5.06. The van der Waals surface area contributed by atoms with Crippen LogP contribution in [-0.2, 0) is 6.42 Å². The molecule has 0 aliphatic rings. The van der Waals surface area contributed by atoms with Crippen molar-refractivity contribution < 1.29 is 9.18 Å². The number of rotatable bonds is 5. The number of hydrazone groups is 1. The topological polar surface area (TPSA) is 41.5 Å². The summed E-state index contributed by atoms with van der Waals surface area (Å²) in [6.07, 6.45) is 2.14. The van der Waals surface area contributed by atoms with E-state index < -0.39 is 11.7 Å². The molecule has 2 aromatic rings. The van der Waals surface area contributed by atoms with Crippen molar-refractivity contribution in [2.24, 2.45) is 5.10 Å². The molecular formula is C18H19FN2O. The molecule has 0 aliphatic heterocycles. The lowest BCUT2D eigenvalue weighted by atomic mass is 10.1. The van der Waals surface area contributed by atoms with Crippen molar-refractivity contribution in [3.8, 4) is 0 Å². The van der Waals surface area contributed by atoms with Gasteiger partial charge in [0.1, 0.15) is 5.82 Å². The fourth-order valence-corrected chi connectivity index (χ4v) is 2.11. The molecule has 0 spiro atoms. The van der Waals surface area contributed by atoms with Gasteiger partial charge in [0.25, 0.3) is 5.91 Å². The molecule has 0 saturated carbocycles. The van der Waals surface area contributed by atoms with Crippen molar-refractivity contribution >= 4 is 11.6 Å². The van der Waals surface area contributed by atoms with E-state index in [-0.39, 0.29) is 5.56 Å². The zero-order valence-corrected chi connectivity index (χ0v) is 12.8. The molecule has 1 N–H and O–H groups in total. The first kappa shape index (κ1) is 15.9. The molecule has 2 rings (SSSR count). The maximum atomic E-state index is 13.5. The predicted molar refractivity (Wildman–Crippen MR) is 86.5 cm³/mol. The van der Waals surface area contributed by atoms with Crippen LogP contribution in [0, 0.1) is 5.82 Å². The van der Waals surface area contributed by atoms with E-state index in [4.69, 9.17) is 0 Å². The van der Waals surface area contributed by atoms with Crippen molar-refractivity contribution in [2.45, 2.75) is 26.7 Å². The lowest BCUT2D eigenvalue weighted by molar-refractivity contribution is 0.0951. The molecule has 0 saturated heterocycles. The minimum Gasteiger partial charge on any atom is -0.267 e. The minimum atomic E-state index is -0.559. The van der Waals surface area contributed by atoms with Crippen LogP contribution in [0.15, 0.2) is 53.6 Å². The quantitative estimate of drug-likeness (QED) is 0.659. The summed E-state index contributed by atoms with van der Waals surface area (Å²) in [5.74, 6) is -1.11. The Hall–Kier alpha value is -2.49. The van der Waals surface area contributed by atoms with E-state index in [1.54, 1.807) is 19.1 Å². The van der Waals surface area contributed by atoms with E-state index >= 15 is 0 Å². The van der Waals surface area contributed by atoms with Gasteiger partial charge in [-0.05, 0) is 36.6 Å². The molecule has 0 unspecified atom stereocenters. The van der Waals surface area contributed by atoms with Gasteiger partial charge >= 0.3 is 0 Å². The summed E-state index contributed by atoms with van der Waals surface area (Å²) >= 11 is 0. The second kappa shape index (κ2) is 7.50. The van der Waals surface area contributed by atoms with Gasteiger partial charge < -0.3 is 0 Å². The van der Waals surface area contributed by atoms with Gasteiger partial charge in [0.05, 0.1) is 11.3 Å². The third-order valence-corrected chi connectivity index (χ3v) is 3.35. The van der Waals surface area contributed by atoms with Crippen LogP contribution >= 0.6 is 0 Å². The van der Waals surface area contributed by atoms with Crippen LogP contribution in [0.25, 0.3) is 0 Å². The normalized spacial score (nSPS) is 11.3.